The van der Waals surface area contributed by atoms with Crippen LogP contribution in [0.2, 0.25) is 0 Å². The minimum atomic E-state index is -1.13. The Hall–Kier alpha value is -2.68. The van der Waals surface area contributed by atoms with Gasteiger partial charge >= 0.3 is 0 Å². The Morgan fingerprint density at radius 2 is 1.28 bits per heavy atom. The van der Waals surface area contributed by atoms with E-state index < -0.39 is 60.5 Å². The summed E-state index contributed by atoms with van der Waals surface area (Å²) >= 11 is 0. The Morgan fingerprint density at radius 1 is 0.759 bits per heavy atom. The van der Waals surface area contributed by atoms with Crippen LogP contribution in [-0.2, 0) is 5.41 Å². The lowest BCUT2D eigenvalue weighted by atomic mass is 9.34. The van der Waals surface area contributed by atoms with E-state index in [1.54, 1.807) is 0 Å². The lowest BCUT2D eigenvalue weighted by Crippen LogP contribution is -2.57. The lowest BCUT2D eigenvalue weighted by Gasteiger charge is -2.47. The molecule has 0 saturated heterocycles. The molecule has 0 amide bonds. The first-order chi connectivity index (χ1) is 18.5. The molecule has 5 aliphatic rings. The molecule has 2 aliphatic heterocycles. The van der Waals surface area contributed by atoms with Crippen LogP contribution in [0.4, 0.5) is 0 Å². The van der Waals surface area contributed by atoms with E-state index in [4.69, 9.17) is 20.4 Å². The van der Waals surface area contributed by atoms with Crippen molar-refractivity contribution in [3.05, 3.63) is 66.0 Å². The molecule has 0 atom stereocenters. The van der Waals surface area contributed by atoms with E-state index in [0.717, 1.165) is 38.5 Å². The molecule has 3 saturated carbocycles. The van der Waals surface area contributed by atoms with Crippen molar-refractivity contribution in [2.45, 2.75) is 43.9 Å². The summed E-state index contributed by atoms with van der Waals surface area (Å²) in [5.74, 6) is 0.351. The molecule has 0 unspecified atom stereocenters. The Kier molecular flexibility index (Phi) is 1.85. The number of ether oxygens (including phenoxy) is 2. The maximum Gasteiger partial charge on any atom is 0.260 e. The Labute approximate surface area is 186 Å². The zero-order valence-electron chi connectivity index (χ0n) is 25.7. The second-order valence-electron chi connectivity index (χ2n) is 8.58. The van der Waals surface area contributed by atoms with Gasteiger partial charge in [-0.05, 0) is 90.5 Å². The van der Waals surface area contributed by atoms with Crippen LogP contribution in [0.25, 0.3) is 0 Å². The third-order valence-electron chi connectivity index (χ3n) is 7.22. The van der Waals surface area contributed by atoms with Gasteiger partial charge in [-0.2, -0.15) is 0 Å². The van der Waals surface area contributed by atoms with E-state index in [1.807, 2.05) is 0 Å². The number of benzene rings is 3. The lowest BCUT2D eigenvalue weighted by molar-refractivity contribution is 0.135. The topological polar surface area (TPSA) is 18.5 Å². The van der Waals surface area contributed by atoms with Gasteiger partial charge in [0, 0.05) is 5.46 Å². The molecule has 2 bridgehead atoms. The Bertz CT molecular complexity index is 1530. The molecule has 2 nitrogen and oxygen atoms in total. The maximum atomic E-state index is 9.31. The molecule has 0 spiro atoms. The molecule has 3 fully saturated rings. The molecule has 3 aromatic carbocycles. The second-order valence-corrected chi connectivity index (χ2v) is 8.58. The summed E-state index contributed by atoms with van der Waals surface area (Å²) in [6, 6.07) is -3.72. The highest BCUT2D eigenvalue weighted by atomic mass is 16.5. The Balaban J connectivity index is 1.62. The van der Waals surface area contributed by atoms with Crippen LogP contribution in [0.15, 0.2) is 60.4 Å². The van der Waals surface area contributed by atoms with Crippen LogP contribution in [0.3, 0.4) is 0 Å². The number of hydrogen-bond donors (Lipinski definition) is 0. The number of para-hydroxylation sites is 2. The maximum absolute atomic E-state index is 9.31. The smallest absolute Gasteiger partial charge is 0.260 e. The van der Waals surface area contributed by atoms with Crippen molar-refractivity contribution in [3.8, 4) is 23.0 Å². The zero-order chi connectivity index (χ0) is 27.7. The van der Waals surface area contributed by atoms with Crippen molar-refractivity contribution >= 4 is 23.1 Å². The molecule has 3 heteroatoms. The van der Waals surface area contributed by atoms with Crippen molar-refractivity contribution in [3.63, 3.8) is 0 Å². The van der Waals surface area contributed by atoms with Gasteiger partial charge in [0.1, 0.15) is 23.0 Å². The van der Waals surface area contributed by atoms with Gasteiger partial charge in [0.15, 0.2) is 0 Å². The highest BCUT2D eigenvalue weighted by molar-refractivity contribution is 6.98. The average molecular weight is 388 g/mol. The largest absolute Gasteiger partial charge is 0.458 e. The van der Waals surface area contributed by atoms with Gasteiger partial charge in [-0.1, -0.05) is 36.3 Å². The van der Waals surface area contributed by atoms with Gasteiger partial charge in [0.2, 0.25) is 0 Å². The van der Waals surface area contributed by atoms with Gasteiger partial charge in [-0.25, -0.2) is 0 Å². The van der Waals surface area contributed by atoms with Crippen molar-refractivity contribution in [1.82, 2.24) is 0 Å². The molecule has 3 aliphatic carbocycles. The normalized spacial score (nSPS) is 30.2. The van der Waals surface area contributed by atoms with Crippen LogP contribution >= 0.6 is 0 Å². The van der Waals surface area contributed by atoms with Gasteiger partial charge in [0.25, 0.3) is 6.71 Å². The first kappa shape index (κ1) is 9.42. The van der Waals surface area contributed by atoms with E-state index in [-0.39, 0.29) is 51.5 Å². The summed E-state index contributed by atoms with van der Waals surface area (Å²) in [5.41, 5.74) is 0.286. The molecule has 0 radical (unpaired) electrons. The van der Waals surface area contributed by atoms with E-state index in [9.17, 15) is 2.74 Å². The highest BCUT2D eigenvalue weighted by Crippen LogP contribution is 2.53. The minimum absolute atomic E-state index is 0.00668. The van der Waals surface area contributed by atoms with Gasteiger partial charge in [0.05, 0.1) is 13.7 Å². The Morgan fingerprint density at radius 3 is 1.83 bits per heavy atom. The predicted octanol–water partition coefficient (Wildman–Crippen LogP) is 4.64. The molecular weight excluding hydrogens is 355 g/mol. The molecule has 3 aromatic rings. The SMILES string of the molecule is [2H]c1c([2H])c([2H])c2c(c1[2H])Oc1c([2H])c(C34CCC(CC3)CC4)c([2H])c3c1B2c1c([2H])c([2H])c([2H])c([2H])c1O3. The van der Waals surface area contributed by atoms with E-state index >= 15 is 0 Å². The van der Waals surface area contributed by atoms with Crippen LogP contribution < -0.4 is 25.9 Å². The molecule has 142 valence electrons. The van der Waals surface area contributed by atoms with Crippen molar-refractivity contribution < 1.29 is 23.2 Å². The highest BCUT2D eigenvalue weighted by Gasteiger charge is 2.45. The standard InChI is InChI=1S/C26H23BO2/c1-3-7-21-19(5-1)27-20-6-2-4-8-22(20)29-24-16-18(15-23(28-21)25(24)27)26-12-9-17(10-13-26)11-14-26/h1-8,15-17H,9-14H2/i1D,2D,3D,4D,5D,6D,7D,8D,15D,16D. The van der Waals surface area contributed by atoms with Crippen LogP contribution in [0, 0.1) is 5.92 Å². The van der Waals surface area contributed by atoms with Crippen molar-refractivity contribution in [2.24, 2.45) is 5.92 Å². The minimum Gasteiger partial charge on any atom is -0.458 e. The number of rotatable bonds is 1. The predicted molar refractivity (Wildman–Crippen MR) is 117 cm³/mol. The van der Waals surface area contributed by atoms with Crippen LogP contribution in [0.5, 0.6) is 23.0 Å². The summed E-state index contributed by atoms with van der Waals surface area (Å²) in [7, 11) is 0. The third kappa shape index (κ3) is 2.19. The fraction of sp³-hybridized carbons (Fsp3) is 0.308. The number of hydrogen-bond acceptors (Lipinski definition) is 2. The summed E-state index contributed by atoms with van der Waals surface area (Å²) in [6.07, 6.45) is 5.48. The molecule has 2 heterocycles. The summed E-state index contributed by atoms with van der Waals surface area (Å²) in [5, 5.41) is 0. The van der Waals surface area contributed by atoms with E-state index in [2.05, 4.69) is 0 Å². The fourth-order valence-corrected chi connectivity index (χ4v) is 5.63. The summed E-state index contributed by atoms with van der Waals surface area (Å²) in [4.78, 5) is 0. The van der Waals surface area contributed by atoms with Gasteiger partial charge in [-0.3, -0.25) is 0 Å². The van der Waals surface area contributed by atoms with Crippen molar-refractivity contribution in [1.29, 1.82) is 0 Å². The van der Waals surface area contributed by atoms with Crippen LogP contribution in [-0.4, -0.2) is 6.71 Å². The third-order valence-corrected chi connectivity index (χ3v) is 7.22. The molecule has 0 aromatic heterocycles. The zero-order valence-corrected chi connectivity index (χ0v) is 15.7. The van der Waals surface area contributed by atoms with E-state index in [0.29, 0.717) is 11.5 Å². The fourth-order valence-electron chi connectivity index (χ4n) is 5.63. The first-order valence-electron chi connectivity index (χ1n) is 15.2. The molecule has 0 N–H and O–H groups in total. The van der Waals surface area contributed by atoms with Crippen molar-refractivity contribution in [2.75, 3.05) is 0 Å². The van der Waals surface area contributed by atoms with Crippen LogP contribution in [0.1, 0.15) is 57.8 Å². The average Bonchev–Trinajstić information content (AvgIpc) is 2.95. The monoisotopic (exact) mass is 388 g/mol. The van der Waals surface area contributed by atoms with Gasteiger partial charge in [-0.15, -0.1) is 0 Å². The second kappa shape index (κ2) is 5.69. The summed E-state index contributed by atoms with van der Waals surface area (Å²) < 4.78 is 98.7. The molecular formula is C26H23BO2. The summed E-state index contributed by atoms with van der Waals surface area (Å²) in [6.45, 7) is -1.13. The van der Waals surface area contributed by atoms with Gasteiger partial charge < -0.3 is 9.47 Å². The van der Waals surface area contributed by atoms with E-state index in [1.165, 1.54) is 0 Å². The first-order valence-corrected chi connectivity index (χ1v) is 10.2. The number of fused-ring (bicyclic) bond motifs is 7. The molecule has 8 rings (SSSR count). The molecule has 29 heavy (non-hydrogen) atoms. The quantitative estimate of drug-likeness (QED) is 0.390.